The van der Waals surface area contributed by atoms with Gasteiger partial charge in [0.05, 0.1) is 0 Å². The molecule has 3 N–H and O–H groups in total. The smallest absolute Gasteiger partial charge is 0.221 e. The quantitative estimate of drug-likeness (QED) is 0.329. The van der Waals surface area contributed by atoms with Gasteiger partial charge in [-0.25, -0.2) is 0 Å². The highest BCUT2D eigenvalue weighted by Gasteiger charge is 2.23. The van der Waals surface area contributed by atoms with E-state index in [1.165, 1.54) is 18.5 Å². The van der Waals surface area contributed by atoms with Crippen molar-refractivity contribution in [1.29, 1.82) is 0 Å². The van der Waals surface area contributed by atoms with Crippen molar-refractivity contribution in [3.05, 3.63) is 30.3 Å². The Kier molecular flexibility index (Phi) is 9.17. The number of nitrogens with one attached hydrogen (secondary N) is 3. The number of guanidine groups is 1. The minimum atomic E-state index is 0. The van der Waals surface area contributed by atoms with Gasteiger partial charge in [-0.2, -0.15) is 0 Å². The number of amides is 1. The maximum Gasteiger partial charge on any atom is 0.221 e. The number of anilines is 1. The molecule has 1 heterocycles. The van der Waals surface area contributed by atoms with E-state index in [1.807, 2.05) is 6.07 Å². The summed E-state index contributed by atoms with van der Waals surface area (Å²) in [6.07, 6.45) is 6.29. The summed E-state index contributed by atoms with van der Waals surface area (Å²) in [6.45, 7) is 2.61. The van der Waals surface area contributed by atoms with E-state index in [2.05, 4.69) is 50.1 Å². The maximum absolute atomic E-state index is 12.0. The summed E-state index contributed by atoms with van der Waals surface area (Å²) in [5.74, 6) is 0.912. The van der Waals surface area contributed by atoms with Crippen LogP contribution in [0.3, 0.4) is 0 Å². The van der Waals surface area contributed by atoms with Gasteiger partial charge >= 0.3 is 0 Å². The van der Waals surface area contributed by atoms with Gasteiger partial charge in [0.2, 0.25) is 5.91 Å². The molecule has 0 spiro atoms. The van der Waals surface area contributed by atoms with E-state index in [-0.39, 0.29) is 29.9 Å². The molecule has 1 unspecified atom stereocenters. The molecule has 1 aromatic carbocycles. The molecular formula is C20H32IN5O. The average molecular weight is 485 g/mol. The second-order valence-corrected chi connectivity index (χ2v) is 7.21. The van der Waals surface area contributed by atoms with Crippen LogP contribution in [0.25, 0.3) is 0 Å². The Labute approximate surface area is 179 Å². The highest BCUT2D eigenvalue weighted by molar-refractivity contribution is 14.0. The molecule has 1 aliphatic carbocycles. The van der Waals surface area contributed by atoms with Crippen LogP contribution >= 0.6 is 24.0 Å². The molecule has 0 aromatic heterocycles. The third-order valence-electron chi connectivity index (χ3n) is 5.24. The minimum Gasteiger partial charge on any atom is -0.369 e. The van der Waals surface area contributed by atoms with Crippen molar-refractivity contribution in [2.24, 2.45) is 4.99 Å². The summed E-state index contributed by atoms with van der Waals surface area (Å²) in [5, 5.41) is 9.87. The molecule has 27 heavy (non-hydrogen) atoms. The molecule has 0 radical (unpaired) electrons. The van der Waals surface area contributed by atoms with Crippen LogP contribution < -0.4 is 20.9 Å². The summed E-state index contributed by atoms with van der Waals surface area (Å²) in [6, 6.07) is 11.3. The summed E-state index contributed by atoms with van der Waals surface area (Å²) < 4.78 is 0. The number of carbonyl (C=O) groups is 1. The normalized spacial score (nSPS) is 20.3. The number of nitrogens with zero attached hydrogens (tertiary/aromatic N) is 2. The molecule has 7 heteroatoms. The third kappa shape index (κ3) is 6.86. The average Bonchev–Trinajstić information content (AvgIpc) is 3.33. The van der Waals surface area contributed by atoms with Gasteiger partial charge in [0, 0.05) is 50.9 Å². The van der Waals surface area contributed by atoms with E-state index < -0.39 is 0 Å². The van der Waals surface area contributed by atoms with Crippen LogP contribution in [0.2, 0.25) is 0 Å². The fourth-order valence-corrected chi connectivity index (χ4v) is 3.80. The molecular weight excluding hydrogens is 453 g/mol. The molecule has 1 amide bonds. The van der Waals surface area contributed by atoms with Crippen molar-refractivity contribution in [2.45, 2.75) is 50.6 Å². The Hall–Kier alpha value is -1.51. The van der Waals surface area contributed by atoms with Crippen molar-refractivity contribution < 1.29 is 4.79 Å². The summed E-state index contributed by atoms with van der Waals surface area (Å²) in [5.41, 5.74) is 1.27. The number of carbonyl (C=O) groups excluding carboxylic acids is 1. The first-order valence-electron chi connectivity index (χ1n) is 9.81. The molecule has 150 valence electrons. The second-order valence-electron chi connectivity index (χ2n) is 7.21. The fourth-order valence-electron chi connectivity index (χ4n) is 3.80. The Bertz CT molecular complexity index is 604. The van der Waals surface area contributed by atoms with Crippen molar-refractivity contribution in [1.82, 2.24) is 16.0 Å². The van der Waals surface area contributed by atoms with Gasteiger partial charge in [-0.15, -0.1) is 24.0 Å². The van der Waals surface area contributed by atoms with Gasteiger partial charge in [0.15, 0.2) is 5.96 Å². The molecule has 3 rings (SSSR count). The summed E-state index contributed by atoms with van der Waals surface area (Å²) in [7, 11) is 1.78. The highest BCUT2D eigenvalue weighted by atomic mass is 127. The molecule has 2 aliphatic rings. The minimum absolute atomic E-state index is 0. The fraction of sp³-hybridized carbons (Fsp3) is 0.600. The SMILES string of the molecule is CN=C(NCCC(=O)NC1CCCC1)NC1CCN(c2ccccc2)C1.I. The highest BCUT2D eigenvalue weighted by Crippen LogP contribution is 2.19. The zero-order valence-corrected chi connectivity index (χ0v) is 18.4. The summed E-state index contributed by atoms with van der Waals surface area (Å²) in [4.78, 5) is 18.7. The van der Waals surface area contributed by atoms with Crippen LogP contribution in [-0.2, 0) is 4.79 Å². The predicted octanol–water partition coefficient (Wildman–Crippen LogP) is 2.50. The van der Waals surface area contributed by atoms with E-state index in [1.54, 1.807) is 7.05 Å². The Balaban J connectivity index is 0.00000261. The van der Waals surface area contributed by atoms with Crippen LogP contribution in [0.4, 0.5) is 5.69 Å². The molecule has 1 aromatic rings. The van der Waals surface area contributed by atoms with Gasteiger partial charge in [0.25, 0.3) is 0 Å². The lowest BCUT2D eigenvalue weighted by molar-refractivity contribution is -0.121. The molecule has 6 nitrogen and oxygen atoms in total. The number of benzene rings is 1. The molecule has 1 saturated heterocycles. The van der Waals surface area contributed by atoms with Gasteiger partial charge in [-0.1, -0.05) is 31.0 Å². The standard InChI is InChI=1S/C20H31N5O.HI/c1-21-20(22-13-11-19(26)23-16-7-5-6-8-16)24-17-12-14-25(15-17)18-9-3-2-4-10-18;/h2-4,9-10,16-17H,5-8,11-15H2,1H3,(H,23,26)(H2,21,22,24);1H. The predicted molar refractivity (Wildman–Crippen MR) is 122 cm³/mol. The van der Waals surface area contributed by atoms with Crippen molar-refractivity contribution in [3.8, 4) is 0 Å². The number of rotatable bonds is 6. The van der Waals surface area contributed by atoms with Crippen LogP contribution in [-0.4, -0.2) is 50.6 Å². The van der Waals surface area contributed by atoms with Crippen LogP contribution in [0.1, 0.15) is 38.5 Å². The molecule has 1 atom stereocenters. The molecule has 1 aliphatic heterocycles. The van der Waals surface area contributed by atoms with Crippen LogP contribution in [0, 0.1) is 0 Å². The second kappa shape index (κ2) is 11.4. The maximum atomic E-state index is 12.0. The Morgan fingerprint density at radius 2 is 1.85 bits per heavy atom. The topological polar surface area (TPSA) is 68.8 Å². The van der Waals surface area contributed by atoms with E-state index >= 15 is 0 Å². The van der Waals surface area contributed by atoms with Gasteiger partial charge in [0.1, 0.15) is 0 Å². The van der Waals surface area contributed by atoms with E-state index in [0.29, 0.717) is 25.0 Å². The number of halogens is 1. The van der Waals surface area contributed by atoms with Crippen molar-refractivity contribution >= 4 is 41.5 Å². The van der Waals surface area contributed by atoms with Crippen LogP contribution in [0.5, 0.6) is 0 Å². The zero-order chi connectivity index (χ0) is 18.2. The van der Waals surface area contributed by atoms with Gasteiger partial charge < -0.3 is 20.9 Å². The van der Waals surface area contributed by atoms with Gasteiger partial charge in [-0.3, -0.25) is 9.79 Å². The van der Waals surface area contributed by atoms with E-state index in [4.69, 9.17) is 0 Å². The lowest BCUT2D eigenvalue weighted by Crippen LogP contribution is -2.45. The molecule has 0 bridgehead atoms. The monoisotopic (exact) mass is 485 g/mol. The number of hydrogen-bond acceptors (Lipinski definition) is 3. The number of para-hydroxylation sites is 1. The lowest BCUT2D eigenvalue weighted by Gasteiger charge is -2.20. The first-order valence-corrected chi connectivity index (χ1v) is 9.81. The Morgan fingerprint density at radius 3 is 2.56 bits per heavy atom. The van der Waals surface area contributed by atoms with E-state index in [0.717, 1.165) is 38.3 Å². The zero-order valence-electron chi connectivity index (χ0n) is 16.1. The Morgan fingerprint density at radius 1 is 1.11 bits per heavy atom. The van der Waals surface area contributed by atoms with Crippen LogP contribution in [0.15, 0.2) is 35.3 Å². The van der Waals surface area contributed by atoms with Gasteiger partial charge in [-0.05, 0) is 31.4 Å². The molecule has 2 fully saturated rings. The number of hydrogen-bond donors (Lipinski definition) is 3. The summed E-state index contributed by atoms with van der Waals surface area (Å²) >= 11 is 0. The van der Waals surface area contributed by atoms with E-state index in [9.17, 15) is 4.79 Å². The number of aliphatic imine (C=N–C) groups is 1. The third-order valence-corrected chi connectivity index (χ3v) is 5.24. The largest absolute Gasteiger partial charge is 0.369 e. The van der Waals surface area contributed by atoms with Crippen molar-refractivity contribution in [2.75, 3.05) is 31.6 Å². The molecule has 1 saturated carbocycles. The lowest BCUT2D eigenvalue weighted by atomic mass is 10.2. The first kappa shape index (κ1) is 21.8. The van der Waals surface area contributed by atoms with Crippen molar-refractivity contribution in [3.63, 3.8) is 0 Å². The first-order chi connectivity index (χ1) is 12.7.